The molecule has 3 nitrogen and oxygen atoms in total. The summed E-state index contributed by atoms with van der Waals surface area (Å²) in [5, 5.41) is 5.33. The summed E-state index contributed by atoms with van der Waals surface area (Å²) in [6.45, 7) is 5.93. The van der Waals surface area contributed by atoms with Crippen molar-refractivity contribution < 1.29 is 0 Å². The second-order valence-electron chi connectivity index (χ2n) is 4.67. The minimum atomic E-state index is 0.676. The van der Waals surface area contributed by atoms with Crippen LogP contribution in [0.4, 0.5) is 0 Å². The lowest BCUT2D eigenvalue weighted by Gasteiger charge is -2.04. The molecule has 0 bridgehead atoms. The number of fused-ring (bicyclic) bond motifs is 1. The van der Waals surface area contributed by atoms with Crippen LogP contribution in [-0.2, 0) is 0 Å². The molecule has 0 saturated carbocycles. The molecule has 2 heterocycles. The van der Waals surface area contributed by atoms with E-state index in [1.54, 1.807) is 0 Å². The first kappa shape index (κ1) is 12.2. The van der Waals surface area contributed by atoms with Crippen LogP contribution in [0.15, 0.2) is 30.3 Å². The zero-order valence-corrected chi connectivity index (χ0v) is 11.9. The molecule has 0 atom stereocenters. The molecule has 4 heteroatoms. The topological polar surface area (TPSA) is 30.2 Å². The summed E-state index contributed by atoms with van der Waals surface area (Å²) < 4.78 is 1.83. The second-order valence-corrected chi connectivity index (χ2v) is 5.05. The van der Waals surface area contributed by atoms with Crippen molar-refractivity contribution in [2.45, 2.75) is 20.8 Å². The molecule has 0 saturated heterocycles. The molecular formula is C15H14ClN3. The Hall–Kier alpha value is -1.87. The molecule has 2 aromatic heterocycles. The van der Waals surface area contributed by atoms with Gasteiger partial charge in [-0.2, -0.15) is 5.10 Å². The van der Waals surface area contributed by atoms with E-state index in [1.807, 2.05) is 43.5 Å². The fraction of sp³-hybridized carbons (Fsp3) is 0.200. The van der Waals surface area contributed by atoms with Crippen molar-refractivity contribution in [1.29, 1.82) is 0 Å². The minimum Gasteiger partial charge on any atom is -0.232 e. The van der Waals surface area contributed by atoms with Crippen LogP contribution in [0.25, 0.3) is 16.9 Å². The van der Waals surface area contributed by atoms with Crippen LogP contribution in [0.5, 0.6) is 0 Å². The number of aryl methyl sites for hydroxylation is 3. The van der Waals surface area contributed by atoms with E-state index in [2.05, 4.69) is 22.2 Å². The van der Waals surface area contributed by atoms with Crippen molar-refractivity contribution in [2.24, 2.45) is 0 Å². The Morgan fingerprint density at radius 1 is 1.05 bits per heavy atom. The van der Waals surface area contributed by atoms with E-state index in [4.69, 9.17) is 11.6 Å². The summed E-state index contributed by atoms with van der Waals surface area (Å²) in [6.07, 6.45) is 0. The number of hydrogen-bond donors (Lipinski definition) is 0. The van der Waals surface area contributed by atoms with Gasteiger partial charge in [-0.25, -0.2) is 9.50 Å². The van der Waals surface area contributed by atoms with Crippen molar-refractivity contribution in [3.05, 3.63) is 52.3 Å². The summed E-state index contributed by atoms with van der Waals surface area (Å²) in [7, 11) is 0. The highest BCUT2D eigenvalue weighted by molar-refractivity contribution is 6.31. The number of halogens is 1. The molecule has 0 N–H and O–H groups in total. The Bertz CT molecular complexity index is 760. The Labute approximate surface area is 116 Å². The predicted octanol–water partition coefficient (Wildman–Crippen LogP) is 3.97. The Balaban J connectivity index is 2.36. The molecule has 3 rings (SSSR count). The average molecular weight is 272 g/mol. The van der Waals surface area contributed by atoms with Crippen LogP contribution >= 0.6 is 11.6 Å². The standard InChI is InChI=1S/C15H14ClN3/c1-9-14(12-7-5-4-6-8-12)18-19-11(3)13(16)10(2)17-15(9)19/h4-8H,1-3H3. The quantitative estimate of drug-likeness (QED) is 0.670. The SMILES string of the molecule is Cc1nc2c(C)c(-c3ccccc3)nn2c(C)c1Cl. The second kappa shape index (κ2) is 4.35. The molecule has 0 spiro atoms. The number of rotatable bonds is 1. The lowest BCUT2D eigenvalue weighted by atomic mass is 10.1. The highest BCUT2D eigenvalue weighted by Gasteiger charge is 2.15. The molecule has 1 aromatic carbocycles. The first-order valence-electron chi connectivity index (χ1n) is 6.17. The largest absolute Gasteiger partial charge is 0.232 e. The van der Waals surface area contributed by atoms with Crippen LogP contribution in [0.2, 0.25) is 5.02 Å². The molecule has 19 heavy (non-hydrogen) atoms. The maximum Gasteiger partial charge on any atom is 0.159 e. The summed E-state index contributed by atoms with van der Waals surface area (Å²) >= 11 is 6.24. The van der Waals surface area contributed by atoms with Crippen molar-refractivity contribution in [3.8, 4) is 11.3 Å². The number of nitrogens with zero attached hydrogens (tertiary/aromatic N) is 3. The maximum absolute atomic E-state index is 6.24. The lowest BCUT2D eigenvalue weighted by molar-refractivity contribution is 0.889. The van der Waals surface area contributed by atoms with Crippen molar-refractivity contribution in [1.82, 2.24) is 14.6 Å². The number of aromatic nitrogens is 3. The van der Waals surface area contributed by atoms with Gasteiger partial charge in [0.25, 0.3) is 0 Å². The monoisotopic (exact) mass is 271 g/mol. The summed E-state index contributed by atoms with van der Waals surface area (Å²) in [5.41, 5.74) is 5.77. The predicted molar refractivity (Wildman–Crippen MR) is 77.6 cm³/mol. The molecule has 0 aliphatic rings. The van der Waals surface area contributed by atoms with E-state index in [1.165, 1.54) is 0 Å². The fourth-order valence-electron chi connectivity index (χ4n) is 2.29. The third-order valence-electron chi connectivity index (χ3n) is 3.37. The summed E-state index contributed by atoms with van der Waals surface area (Å²) in [4.78, 5) is 4.55. The van der Waals surface area contributed by atoms with Gasteiger partial charge in [0.1, 0.15) is 0 Å². The molecule has 0 unspecified atom stereocenters. The van der Waals surface area contributed by atoms with Gasteiger partial charge in [0.15, 0.2) is 5.65 Å². The van der Waals surface area contributed by atoms with Gasteiger partial charge in [0, 0.05) is 11.1 Å². The van der Waals surface area contributed by atoms with Crippen LogP contribution in [0, 0.1) is 20.8 Å². The molecule has 0 aliphatic carbocycles. The maximum atomic E-state index is 6.24. The highest BCUT2D eigenvalue weighted by Crippen LogP contribution is 2.27. The van der Waals surface area contributed by atoms with E-state index in [9.17, 15) is 0 Å². The smallest absolute Gasteiger partial charge is 0.159 e. The van der Waals surface area contributed by atoms with E-state index in [0.717, 1.165) is 33.9 Å². The van der Waals surface area contributed by atoms with E-state index >= 15 is 0 Å². The molecule has 0 fully saturated rings. The summed E-state index contributed by atoms with van der Waals surface area (Å²) in [6, 6.07) is 10.1. The van der Waals surface area contributed by atoms with Crippen LogP contribution < -0.4 is 0 Å². The fourth-order valence-corrected chi connectivity index (χ4v) is 2.41. The molecule has 0 aliphatic heterocycles. The molecule has 0 amide bonds. The zero-order valence-electron chi connectivity index (χ0n) is 11.1. The Morgan fingerprint density at radius 3 is 2.42 bits per heavy atom. The Morgan fingerprint density at radius 2 is 1.74 bits per heavy atom. The first-order valence-corrected chi connectivity index (χ1v) is 6.55. The highest BCUT2D eigenvalue weighted by atomic mass is 35.5. The molecule has 96 valence electrons. The van der Waals surface area contributed by atoms with E-state index in [0.29, 0.717) is 5.02 Å². The molecule has 3 aromatic rings. The van der Waals surface area contributed by atoms with Crippen molar-refractivity contribution in [2.75, 3.05) is 0 Å². The van der Waals surface area contributed by atoms with E-state index < -0.39 is 0 Å². The van der Waals surface area contributed by atoms with Gasteiger partial charge in [-0.15, -0.1) is 0 Å². The lowest BCUT2D eigenvalue weighted by Crippen LogP contribution is -1.99. The third-order valence-corrected chi connectivity index (χ3v) is 3.91. The van der Waals surface area contributed by atoms with Gasteiger partial charge in [-0.3, -0.25) is 0 Å². The Kier molecular flexibility index (Phi) is 2.79. The number of benzene rings is 1. The minimum absolute atomic E-state index is 0.676. The van der Waals surface area contributed by atoms with Crippen LogP contribution in [0.3, 0.4) is 0 Å². The zero-order chi connectivity index (χ0) is 13.6. The third kappa shape index (κ3) is 1.81. The average Bonchev–Trinajstić information content (AvgIpc) is 2.75. The van der Waals surface area contributed by atoms with Gasteiger partial charge in [0.05, 0.1) is 22.1 Å². The van der Waals surface area contributed by atoms with Gasteiger partial charge in [-0.1, -0.05) is 41.9 Å². The number of hydrogen-bond acceptors (Lipinski definition) is 2. The van der Waals surface area contributed by atoms with Crippen LogP contribution in [-0.4, -0.2) is 14.6 Å². The van der Waals surface area contributed by atoms with Gasteiger partial charge in [-0.05, 0) is 20.8 Å². The van der Waals surface area contributed by atoms with Crippen molar-refractivity contribution in [3.63, 3.8) is 0 Å². The molecular weight excluding hydrogens is 258 g/mol. The van der Waals surface area contributed by atoms with Gasteiger partial charge in [0.2, 0.25) is 0 Å². The van der Waals surface area contributed by atoms with Crippen molar-refractivity contribution >= 4 is 17.2 Å². The first-order chi connectivity index (χ1) is 9.09. The molecule has 0 radical (unpaired) electrons. The normalized spacial score (nSPS) is 11.2. The van der Waals surface area contributed by atoms with E-state index in [-0.39, 0.29) is 0 Å². The van der Waals surface area contributed by atoms with Crippen LogP contribution in [0.1, 0.15) is 17.0 Å². The van der Waals surface area contributed by atoms with Gasteiger partial charge < -0.3 is 0 Å². The summed E-state index contributed by atoms with van der Waals surface area (Å²) in [5.74, 6) is 0. The van der Waals surface area contributed by atoms with Gasteiger partial charge >= 0.3 is 0 Å².